The summed E-state index contributed by atoms with van der Waals surface area (Å²) in [6, 6.07) is 11.1. The van der Waals surface area contributed by atoms with Crippen LogP contribution in [-0.2, 0) is 0 Å². The van der Waals surface area contributed by atoms with Crippen molar-refractivity contribution in [1.29, 1.82) is 0 Å². The highest BCUT2D eigenvalue weighted by Crippen LogP contribution is 2.35. The smallest absolute Gasteiger partial charge is 0.0647 e. The molecular weight excluding hydrogens is 234 g/mol. The third-order valence-corrected chi connectivity index (χ3v) is 4.12. The molecule has 0 spiro atoms. The van der Waals surface area contributed by atoms with Crippen LogP contribution in [-0.4, -0.2) is 15.8 Å². The van der Waals surface area contributed by atoms with Gasteiger partial charge in [0.05, 0.1) is 5.69 Å². The third kappa shape index (κ3) is 2.65. The van der Waals surface area contributed by atoms with Gasteiger partial charge in [-0.15, -0.1) is 0 Å². The Balaban J connectivity index is 1.59. The molecule has 1 aromatic carbocycles. The maximum absolute atomic E-state index is 4.23. The highest BCUT2D eigenvalue weighted by Gasteiger charge is 2.30. The van der Waals surface area contributed by atoms with Gasteiger partial charge in [0.15, 0.2) is 0 Å². The van der Waals surface area contributed by atoms with E-state index in [9.17, 15) is 0 Å². The molecule has 1 heterocycles. The van der Waals surface area contributed by atoms with Crippen LogP contribution < -0.4 is 5.32 Å². The summed E-state index contributed by atoms with van der Waals surface area (Å²) in [7, 11) is 0. The van der Waals surface area contributed by atoms with E-state index in [1.165, 1.54) is 18.5 Å². The molecule has 2 aromatic rings. The molecule has 0 amide bonds. The minimum absolute atomic E-state index is 0.656. The Bertz CT molecular complexity index is 507. The van der Waals surface area contributed by atoms with Crippen LogP contribution >= 0.6 is 0 Å². The topological polar surface area (TPSA) is 29.9 Å². The fourth-order valence-electron chi connectivity index (χ4n) is 2.69. The Morgan fingerprint density at radius 3 is 2.53 bits per heavy atom. The SMILES string of the molecule is CC(C)C1CC(Nc2ccc(-n3cccn3)cc2)C1. The number of benzene rings is 1. The highest BCUT2D eigenvalue weighted by atomic mass is 15.3. The second-order valence-electron chi connectivity index (χ2n) is 5.81. The summed E-state index contributed by atoms with van der Waals surface area (Å²) in [5.41, 5.74) is 2.31. The summed E-state index contributed by atoms with van der Waals surface area (Å²) in [6.45, 7) is 4.64. The summed E-state index contributed by atoms with van der Waals surface area (Å²) in [5.74, 6) is 1.72. The highest BCUT2D eigenvalue weighted by molar-refractivity contribution is 5.49. The molecule has 0 unspecified atom stereocenters. The summed E-state index contributed by atoms with van der Waals surface area (Å²) in [6.07, 6.45) is 6.37. The molecule has 3 nitrogen and oxygen atoms in total. The van der Waals surface area contributed by atoms with Gasteiger partial charge in [0, 0.05) is 24.1 Å². The summed E-state index contributed by atoms with van der Waals surface area (Å²) < 4.78 is 1.88. The normalized spacial score (nSPS) is 22.3. The second kappa shape index (κ2) is 5.08. The van der Waals surface area contributed by atoms with Crippen molar-refractivity contribution in [3.8, 4) is 5.69 Å². The van der Waals surface area contributed by atoms with Crippen molar-refractivity contribution in [3.05, 3.63) is 42.7 Å². The van der Waals surface area contributed by atoms with Gasteiger partial charge in [0.1, 0.15) is 0 Å². The van der Waals surface area contributed by atoms with Crippen molar-refractivity contribution >= 4 is 5.69 Å². The molecule has 1 aliphatic rings. The van der Waals surface area contributed by atoms with E-state index < -0.39 is 0 Å². The standard InChI is InChI=1S/C16H21N3/c1-12(2)13-10-15(11-13)18-14-4-6-16(7-5-14)19-9-3-8-17-19/h3-9,12-13,15,18H,10-11H2,1-2H3. The Morgan fingerprint density at radius 1 is 1.21 bits per heavy atom. The Kier molecular flexibility index (Phi) is 3.28. The molecule has 1 saturated carbocycles. The van der Waals surface area contributed by atoms with E-state index in [-0.39, 0.29) is 0 Å². The molecule has 1 aromatic heterocycles. The van der Waals surface area contributed by atoms with Gasteiger partial charge < -0.3 is 5.32 Å². The van der Waals surface area contributed by atoms with Gasteiger partial charge >= 0.3 is 0 Å². The van der Waals surface area contributed by atoms with Crippen molar-refractivity contribution in [2.75, 3.05) is 5.32 Å². The summed E-state index contributed by atoms with van der Waals surface area (Å²) in [4.78, 5) is 0. The zero-order valence-corrected chi connectivity index (χ0v) is 11.6. The van der Waals surface area contributed by atoms with E-state index in [2.05, 4.69) is 48.5 Å². The average Bonchev–Trinajstić information content (AvgIpc) is 2.87. The lowest BCUT2D eigenvalue weighted by atomic mass is 9.73. The maximum atomic E-state index is 4.23. The number of hydrogen-bond donors (Lipinski definition) is 1. The predicted molar refractivity (Wildman–Crippen MR) is 78.5 cm³/mol. The van der Waals surface area contributed by atoms with E-state index in [0.29, 0.717) is 6.04 Å². The second-order valence-corrected chi connectivity index (χ2v) is 5.81. The molecule has 19 heavy (non-hydrogen) atoms. The van der Waals surface area contributed by atoms with Gasteiger partial charge in [-0.3, -0.25) is 0 Å². The number of aromatic nitrogens is 2. The molecule has 1 N–H and O–H groups in total. The summed E-state index contributed by atoms with van der Waals surface area (Å²) in [5, 5.41) is 7.84. The van der Waals surface area contributed by atoms with Crippen molar-refractivity contribution in [2.24, 2.45) is 11.8 Å². The van der Waals surface area contributed by atoms with E-state index >= 15 is 0 Å². The van der Waals surface area contributed by atoms with Crippen LogP contribution in [0.2, 0.25) is 0 Å². The first-order valence-corrected chi connectivity index (χ1v) is 7.09. The zero-order valence-electron chi connectivity index (χ0n) is 11.6. The minimum Gasteiger partial charge on any atom is -0.382 e. The van der Waals surface area contributed by atoms with Gasteiger partial charge in [0.2, 0.25) is 0 Å². The number of hydrogen-bond acceptors (Lipinski definition) is 2. The molecule has 0 atom stereocenters. The van der Waals surface area contributed by atoms with Crippen molar-refractivity contribution in [3.63, 3.8) is 0 Å². The zero-order chi connectivity index (χ0) is 13.2. The Hall–Kier alpha value is -1.77. The largest absolute Gasteiger partial charge is 0.382 e. The third-order valence-electron chi connectivity index (χ3n) is 4.12. The van der Waals surface area contributed by atoms with Crippen LogP contribution in [0.15, 0.2) is 42.7 Å². The molecule has 3 heteroatoms. The van der Waals surface area contributed by atoms with Crippen molar-refractivity contribution < 1.29 is 0 Å². The van der Waals surface area contributed by atoms with Gasteiger partial charge in [-0.2, -0.15) is 5.10 Å². The first-order chi connectivity index (χ1) is 9.22. The van der Waals surface area contributed by atoms with E-state index in [1.807, 2.05) is 16.9 Å². The predicted octanol–water partition coefficient (Wildman–Crippen LogP) is 3.72. The lowest BCUT2D eigenvalue weighted by molar-refractivity contribution is 0.212. The lowest BCUT2D eigenvalue weighted by Crippen LogP contribution is -2.37. The van der Waals surface area contributed by atoms with Gasteiger partial charge in [0.25, 0.3) is 0 Å². The van der Waals surface area contributed by atoms with Crippen LogP contribution in [0.4, 0.5) is 5.69 Å². The quantitative estimate of drug-likeness (QED) is 0.902. The first-order valence-electron chi connectivity index (χ1n) is 7.09. The molecule has 0 aliphatic heterocycles. The molecule has 1 aliphatic carbocycles. The van der Waals surface area contributed by atoms with Crippen LogP contribution in [0.5, 0.6) is 0 Å². The van der Waals surface area contributed by atoms with Crippen LogP contribution in [0.3, 0.4) is 0 Å². The van der Waals surface area contributed by atoms with E-state index in [0.717, 1.165) is 17.5 Å². The van der Waals surface area contributed by atoms with Crippen molar-refractivity contribution in [1.82, 2.24) is 9.78 Å². The number of nitrogens with one attached hydrogen (secondary N) is 1. The van der Waals surface area contributed by atoms with Crippen LogP contribution in [0.25, 0.3) is 5.69 Å². The fraction of sp³-hybridized carbons (Fsp3) is 0.438. The lowest BCUT2D eigenvalue weighted by Gasteiger charge is -2.39. The molecule has 0 bridgehead atoms. The van der Waals surface area contributed by atoms with Gasteiger partial charge in [-0.05, 0) is 55.0 Å². The monoisotopic (exact) mass is 255 g/mol. The maximum Gasteiger partial charge on any atom is 0.0647 e. The van der Waals surface area contributed by atoms with Crippen LogP contribution in [0.1, 0.15) is 26.7 Å². The molecule has 100 valence electrons. The number of rotatable bonds is 4. The van der Waals surface area contributed by atoms with Crippen LogP contribution in [0, 0.1) is 11.8 Å². The minimum atomic E-state index is 0.656. The Morgan fingerprint density at radius 2 is 1.95 bits per heavy atom. The molecule has 3 rings (SSSR count). The van der Waals surface area contributed by atoms with Gasteiger partial charge in [-0.1, -0.05) is 13.8 Å². The molecule has 1 fully saturated rings. The summed E-state index contributed by atoms with van der Waals surface area (Å²) >= 11 is 0. The first kappa shape index (κ1) is 12.3. The molecule has 0 radical (unpaired) electrons. The average molecular weight is 255 g/mol. The van der Waals surface area contributed by atoms with E-state index in [1.54, 1.807) is 6.20 Å². The Labute approximate surface area is 114 Å². The molecular formula is C16H21N3. The fourth-order valence-corrected chi connectivity index (χ4v) is 2.69. The number of nitrogens with zero attached hydrogens (tertiary/aromatic N) is 2. The van der Waals surface area contributed by atoms with Crippen molar-refractivity contribution in [2.45, 2.75) is 32.7 Å². The van der Waals surface area contributed by atoms with Gasteiger partial charge in [-0.25, -0.2) is 4.68 Å². The van der Waals surface area contributed by atoms with E-state index in [4.69, 9.17) is 0 Å². The number of anilines is 1. The molecule has 0 saturated heterocycles.